The number of unbranched alkanes of at least 4 members (excludes halogenated alkanes) is 1. The summed E-state index contributed by atoms with van der Waals surface area (Å²) in [7, 11) is 0. The first-order valence-electron chi connectivity index (χ1n) is 10.9. The Balaban J connectivity index is 1.39. The summed E-state index contributed by atoms with van der Waals surface area (Å²) in [5.41, 5.74) is 6.28. The van der Waals surface area contributed by atoms with E-state index in [4.69, 9.17) is 9.84 Å². The van der Waals surface area contributed by atoms with Gasteiger partial charge in [-0.3, -0.25) is 4.40 Å². The van der Waals surface area contributed by atoms with E-state index in [2.05, 4.69) is 54.4 Å². The summed E-state index contributed by atoms with van der Waals surface area (Å²) in [6.07, 6.45) is 6.12. The van der Waals surface area contributed by atoms with Crippen LogP contribution in [0.2, 0.25) is 0 Å². The van der Waals surface area contributed by atoms with Crippen LogP contribution in [0.5, 0.6) is 5.75 Å². The van der Waals surface area contributed by atoms with Gasteiger partial charge in [0.1, 0.15) is 11.3 Å². The highest BCUT2D eigenvalue weighted by atomic mass is 32.2. The first kappa shape index (κ1) is 20.6. The fraction of sp³-hybridized carbons (Fsp3) is 0.240. The SMILES string of the molecule is CCCCOc1ccc(-c2cc3c4nnc(SCc5ccccc5C)n4ccn3n2)cc1. The van der Waals surface area contributed by atoms with Crippen LogP contribution in [0, 0.1) is 6.92 Å². The van der Waals surface area contributed by atoms with Gasteiger partial charge in [0, 0.05) is 23.7 Å². The third kappa shape index (κ3) is 4.08. The number of hydrogen-bond donors (Lipinski definition) is 0. The predicted octanol–water partition coefficient (Wildman–Crippen LogP) is 5.82. The summed E-state index contributed by atoms with van der Waals surface area (Å²) in [6.45, 7) is 5.05. The highest BCUT2D eigenvalue weighted by Gasteiger charge is 2.13. The van der Waals surface area contributed by atoms with Gasteiger partial charge in [-0.05, 0) is 54.8 Å². The zero-order valence-electron chi connectivity index (χ0n) is 18.2. The molecule has 0 spiro atoms. The van der Waals surface area contributed by atoms with E-state index in [1.165, 1.54) is 11.1 Å². The van der Waals surface area contributed by atoms with Crippen molar-refractivity contribution in [1.82, 2.24) is 24.2 Å². The molecule has 0 saturated carbocycles. The van der Waals surface area contributed by atoms with Crippen molar-refractivity contribution < 1.29 is 4.74 Å². The van der Waals surface area contributed by atoms with Crippen LogP contribution in [0.4, 0.5) is 0 Å². The van der Waals surface area contributed by atoms with Gasteiger partial charge in [0.25, 0.3) is 0 Å². The Morgan fingerprint density at radius 3 is 2.66 bits per heavy atom. The highest BCUT2D eigenvalue weighted by molar-refractivity contribution is 7.98. The molecule has 0 radical (unpaired) electrons. The van der Waals surface area contributed by atoms with Crippen molar-refractivity contribution in [3.8, 4) is 17.0 Å². The lowest BCUT2D eigenvalue weighted by Gasteiger charge is -2.05. The molecule has 5 rings (SSSR count). The van der Waals surface area contributed by atoms with E-state index >= 15 is 0 Å². The van der Waals surface area contributed by atoms with E-state index in [1.54, 1.807) is 11.8 Å². The lowest BCUT2D eigenvalue weighted by molar-refractivity contribution is 0.309. The van der Waals surface area contributed by atoms with Crippen molar-refractivity contribution in [2.45, 2.75) is 37.6 Å². The predicted molar refractivity (Wildman–Crippen MR) is 128 cm³/mol. The first-order valence-corrected chi connectivity index (χ1v) is 11.8. The minimum Gasteiger partial charge on any atom is -0.494 e. The Kier molecular flexibility index (Phi) is 5.81. The third-order valence-corrected chi connectivity index (χ3v) is 6.51. The maximum absolute atomic E-state index is 5.77. The number of nitrogens with zero attached hydrogens (tertiary/aromatic N) is 5. The van der Waals surface area contributed by atoms with Gasteiger partial charge in [0.2, 0.25) is 0 Å². The molecule has 0 aliphatic rings. The summed E-state index contributed by atoms with van der Waals surface area (Å²) < 4.78 is 9.67. The van der Waals surface area contributed by atoms with Crippen LogP contribution >= 0.6 is 11.8 Å². The lowest BCUT2D eigenvalue weighted by Crippen LogP contribution is -1.96. The molecule has 162 valence electrons. The minimum absolute atomic E-state index is 0.749. The van der Waals surface area contributed by atoms with Gasteiger partial charge in [-0.15, -0.1) is 10.2 Å². The van der Waals surface area contributed by atoms with E-state index in [0.717, 1.165) is 58.5 Å². The van der Waals surface area contributed by atoms with Crippen LogP contribution in [0.3, 0.4) is 0 Å². The van der Waals surface area contributed by atoms with Gasteiger partial charge in [0.15, 0.2) is 10.8 Å². The summed E-state index contributed by atoms with van der Waals surface area (Å²) in [5.74, 6) is 1.75. The van der Waals surface area contributed by atoms with Crippen molar-refractivity contribution in [3.63, 3.8) is 0 Å². The summed E-state index contributed by atoms with van der Waals surface area (Å²) in [4.78, 5) is 0. The standard InChI is InChI=1S/C25H25N5OS/c1-3-4-15-31-21-11-9-19(10-12-21)22-16-23-24-26-27-25(29(24)13-14-30(23)28-22)32-17-20-8-6-5-7-18(20)2/h5-14,16H,3-4,15,17H2,1-2H3. The normalized spacial score (nSPS) is 11.4. The molecule has 5 aromatic rings. The number of fused-ring (bicyclic) bond motifs is 3. The molecule has 0 unspecified atom stereocenters. The first-order chi connectivity index (χ1) is 15.7. The molecule has 0 aliphatic carbocycles. The molecule has 0 fully saturated rings. The van der Waals surface area contributed by atoms with E-state index in [-0.39, 0.29) is 0 Å². The quantitative estimate of drug-likeness (QED) is 0.223. The van der Waals surface area contributed by atoms with E-state index in [1.807, 2.05) is 45.6 Å². The fourth-order valence-corrected chi connectivity index (χ4v) is 4.59. The second kappa shape index (κ2) is 9.04. The van der Waals surface area contributed by atoms with Crippen molar-refractivity contribution in [2.24, 2.45) is 0 Å². The van der Waals surface area contributed by atoms with Crippen LogP contribution < -0.4 is 4.74 Å². The molecular formula is C25H25N5OS. The minimum atomic E-state index is 0.749. The lowest BCUT2D eigenvalue weighted by atomic mass is 10.1. The molecule has 2 aromatic carbocycles. The Labute approximate surface area is 191 Å². The molecule has 0 amide bonds. The molecule has 0 bridgehead atoms. The van der Waals surface area contributed by atoms with Crippen molar-refractivity contribution >= 4 is 22.9 Å². The van der Waals surface area contributed by atoms with Gasteiger partial charge in [-0.25, -0.2) is 4.52 Å². The molecule has 0 aliphatic heterocycles. The van der Waals surface area contributed by atoms with Gasteiger partial charge in [0.05, 0.1) is 12.3 Å². The van der Waals surface area contributed by atoms with Crippen molar-refractivity contribution in [3.05, 3.63) is 78.1 Å². The molecule has 0 N–H and O–H groups in total. The van der Waals surface area contributed by atoms with E-state index in [0.29, 0.717) is 0 Å². The van der Waals surface area contributed by atoms with Crippen LogP contribution in [0.1, 0.15) is 30.9 Å². The molecule has 0 atom stereocenters. The largest absolute Gasteiger partial charge is 0.494 e. The molecule has 3 aromatic heterocycles. The van der Waals surface area contributed by atoms with E-state index in [9.17, 15) is 0 Å². The average molecular weight is 444 g/mol. The maximum atomic E-state index is 5.77. The van der Waals surface area contributed by atoms with Crippen molar-refractivity contribution in [1.29, 1.82) is 0 Å². The second-order valence-corrected chi connectivity index (χ2v) is 8.72. The molecule has 7 heteroatoms. The number of benzene rings is 2. The summed E-state index contributed by atoms with van der Waals surface area (Å²) in [5, 5.41) is 14.5. The number of thioether (sulfide) groups is 1. The Morgan fingerprint density at radius 1 is 1.00 bits per heavy atom. The van der Waals surface area contributed by atoms with Crippen LogP contribution in [0.25, 0.3) is 22.4 Å². The number of ether oxygens (including phenoxy) is 1. The molecule has 3 heterocycles. The van der Waals surface area contributed by atoms with Crippen molar-refractivity contribution in [2.75, 3.05) is 6.61 Å². The molecule has 0 saturated heterocycles. The number of aryl methyl sites for hydroxylation is 1. The zero-order chi connectivity index (χ0) is 21.9. The Hall–Kier alpha value is -3.32. The van der Waals surface area contributed by atoms with Gasteiger partial charge in [-0.2, -0.15) is 5.10 Å². The monoisotopic (exact) mass is 443 g/mol. The Bertz CT molecular complexity index is 1360. The maximum Gasteiger partial charge on any atom is 0.196 e. The summed E-state index contributed by atoms with van der Waals surface area (Å²) >= 11 is 1.69. The smallest absolute Gasteiger partial charge is 0.196 e. The topological polar surface area (TPSA) is 56.7 Å². The van der Waals surface area contributed by atoms with Crippen LogP contribution in [0.15, 0.2) is 72.1 Å². The molecule has 6 nitrogen and oxygen atoms in total. The average Bonchev–Trinajstić information content (AvgIpc) is 3.43. The molecule has 32 heavy (non-hydrogen) atoms. The van der Waals surface area contributed by atoms with Gasteiger partial charge in [-0.1, -0.05) is 49.4 Å². The van der Waals surface area contributed by atoms with Crippen LogP contribution in [-0.4, -0.2) is 30.8 Å². The highest BCUT2D eigenvalue weighted by Crippen LogP contribution is 2.27. The number of aromatic nitrogens is 5. The number of hydrogen-bond acceptors (Lipinski definition) is 5. The van der Waals surface area contributed by atoms with Crippen LogP contribution in [-0.2, 0) is 5.75 Å². The third-order valence-electron chi connectivity index (χ3n) is 5.52. The second-order valence-electron chi connectivity index (χ2n) is 7.78. The summed E-state index contributed by atoms with van der Waals surface area (Å²) in [6, 6.07) is 18.6. The fourth-order valence-electron chi connectivity index (χ4n) is 3.60. The van der Waals surface area contributed by atoms with Gasteiger partial charge < -0.3 is 4.74 Å². The zero-order valence-corrected chi connectivity index (χ0v) is 19.0. The molecular weight excluding hydrogens is 418 g/mol. The number of rotatable bonds is 8. The van der Waals surface area contributed by atoms with E-state index < -0.39 is 0 Å². The Morgan fingerprint density at radius 2 is 1.84 bits per heavy atom. The van der Waals surface area contributed by atoms with Gasteiger partial charge >= 0.3 is 0 Å².